The van der Waals surface area contributed by atoms with Gasteiger partial charge in [0.15, 0.2) is 0 Å². The normalized spacial score (nSPS) is 18.9. The molecule has 1 aromatic rings. The molecule has 1 amide bonds. The maximum absolute atomic E-state index is 12.6. The molecule has 1 N–H and O–H groups in total. The lowest BCUT2D eigenvalue weighted by molar-refractivity contribution is -0.137. The highest BCUT2D eigenvalue weighted by atomic mass is 16.4. The third kappa shape index (κ3) is 3.35. The summed E-state index contributed by atoms with van der Waals surface area (Å²) in [5.41, 5.74) is 1.53. The molecule has 0 spiro atoms. The van der Waals surface area contributed by atoms with Gasteiger partial charge in [0.2, 0.25) is 0 Å². The fourth-order valence-corrected chi connectivity index (χ4v) is 2.70. The minimum Gasteiger partial charge on any atom is -0.481 e. The minimum atomic E-state index is -0.805. The molecule has 108 valence electrons. The number of aryl methyl sites for hydroxylation is 1. The number of hydrogen-bond donors (Lipinski definition) is 1. The number of carbonyl (C=O) groups is 2. The van der Waals surface area contributed by atoms with Gasteiger partial charge in [-0.15, -0.1) is 0 Å². The van der Waals surface area contributed by atoms with Crippen molar-refractivity contribution in [1.29, 1.82) is 0 Å². The van der Waals surface area contributed by atoms with Gasteiger partial charge in [-0.25, -0.2) is 0 Å². The van der Waals surface area contributed by atoms with Crippen LogP contribution in [0.15, 0.2) is 18.5 Å². The van der Waals surface area contributed by atoms with Crippen LogP contribution in [0.3, 0.4) is 0 Å². The number of rotatable bonds is 4. The van der Waals surface area contributed by atoms with E-state index in [1.165, 1.54) is 0 Å². The first-order chi connectivity index (χ1) is 9.59. The lowest BCUT2D eigenvalue weighted by Crippen LogP contribution is -2.44. The molecule has 0 saturated carbocycles. The van der Waals surface area contributed by atoms with Gasteiger partial charge in [-0.2, -0.15) is 0 Å². The Morgan fingerprint density at radius 2 is 2.25 bits per heavy atom. The van der Waals surface area contributed by atoms with Crippen molar-refractivity contribution < 1.29 is 14.7 Å². The van der Waals surface area contributed by atoms with Crippen LogP contribution in [0, 0.1) is 6.92 Å². The zero-order valence-electron chi connectivity index (χ0n) is 11.7. The van der Waals surface area contributed by atoms with Gasteiger partial charge in [0.25, 0.3) is 5.91 Å². The second-order valence-electron chi connectivity index (χ2n) is 5.27. The zero-order valence-corrected chi connectivity index (χ0v) is 11.7. The molecule has 1 aliphatic rings. The van der Waals surface area contributed by atoms with Gasteiger partial charge in [-0.3, -0.25) is 14.6 Å². The lowest BCUT2D eigenvalue weighted by Gasteiger charge is -2.36. The predicted octanol–water partition coefficient (Wildman–Crippen LogP) is 2.25. The number of aliphatic carboxylic acids is 1. The Morgan fingerprint density at radius 1 is 1.45 bits per heavy atom. The molecule has 1 fully saturated rings. The molecule has 0 radical (unpaired) electrons. The fourth-order valence-electron chi connectivity index (χ4n) is 2.70. The van der Waals surface area contributed by atoms with Crippen molar-refractivity contribution in [2.45, 2.75) is 45.1 Å². The van der Waals surface area contributed by atoms with E-state index in [0.29, 0.717) is 18.5 Å². The Bertz CT molecular complexity index is 502. The van der Waals surface area contributed by atoms with E-state index in [1.807, 2.05) is 17.9 Å². The average molecular weight is 276 g/mol. The van der Waals surface area contributed by atoms with Crippen LogP contribution in [-0.4, -0.2) is 39.5 Å². The van der Waals surface area contributed by atoms with E-state index >= 15 is 0 Å². The number of pyridine rings is 1. The van der Waals surface area contributed by atoms with E-state index in [-0.39, 0.29) is 18.4 Å². The molecule has 0 aromatic carbocycles. The van der Waals surface area contributed by atoms with Crippen molar-refractivity contribution in [3.05, 3.63) is 29.6 Å². The van der Waals surface area contributed by atoms with E-state index < -0.39 is 5.97 Å². The highest BCUT2D eigenvalue weighted by Crippen LogP contribution is 2.23. The van der Waals surface area contributed by atoms with Crippen LogP contribution < -0.4 is 0 Å². The Balaban J connectivity index is 2.13. The Morgan fingerprint density at radius 3 is 2.95 bits per heavy atom. The summed E-state index contributed by atoms with van der Waals surface area (Å²) in [5, 5.41) is 8.82. The number of carboxylic acids is 1. The van der Waals surface area contributed by atoms with E-state index in [2.05, 4.69) is 4.98 Å². The molecule has 0 bridgehead atoms. The SMILES string of the molecule is Cc1ccncc1C(=O)N1CCCCC1CCC(=O)O. The number of likely N-dealkylation sites (tertiary alicyclic amines) is 1. The Kier molecular flexibility index (Phi) is 4.71. The summed E-state index contributed by atoms with van der Waals surface area (Å²) in [6.45, 7) is 2.60. The van der Waals surface area contributed by atoms with Crippen LogP contribution in [0.1, 0.15) is 48.0 Å². The summed E-state index contributed by atoms with van der Waals surface area (Å²) < 4.78 is 0. The Hall–Kier alpha value is -1.91. The number of aromatic nitrogens is 1. The van der Waals surface area contributed by atoms with Gasteiger partial charge in [0, 0.05) is 31.4 Å². The van der Waals surface area contributed by atoms with Crippen LogP contribution in [-0.2, 0) is 4.79 Å². The van der Waals surface area contributed by atoms with E-state index in [4.69, 9.17) is 5.11 Å². The molecule has 1 aliphatic heterocycles. The van der Waals surface area contributed by atoms with Crippen molar-refractivity contribution in [3.8, 4) is 0 Å². The molecule has 20 heavy (non-hydrogen) atoms. The summed E-state index contributed by atoms with van der Waals surface area (Å²) in [7, 11) is 0. The predicted molar refractivity (Wildman–Crippen MR) is 74.5 cm³/mol. The van der Waals surface area contributed by atoms with Crippen LogP contribution >= 0.6 is 0 Å². The number of nitrogens with zero attached hydrogens (tertiary/aromatic N) is 2. The van der Waals surface area contributed by atoms with Crippen LogP contribution in [0.4, 0.5) is 0 Å². The smallest absolute Gasteiger partial charge is 0.303 e. The lowest BCUT2D eigenvalue weighted by atomic mass is 9.96. The van der Waals surface area contributed by atoms with Gasteiger partial charge in [0.05, 0.1) is 5.56 Å². The molecular weight excluding hydrogens is 256 g/mol. The summed E-state index contributed by atoms with van der Waals surface area (Å²) >= 11 is 0. The minimum absolute atomic E-state index is 0.0225. The van der Waals surface area contributed by atoms with E-state index in [9.17, 15) is 9.59 Å². The molecule has 1 saturated heterocycles. The number of carboxylic acid groups (broad SMARTS) is 1. The van der Waals surface area contributed by atoms with Crippen molar-refractivity contribution in [2.75, 3.05) is 6.54 Å². The fraction of sp³-hybridized carbons (Fsp3) is 0.533. The maximum Gasteiger partial charge on any atom is 0.303 e. The van der Waals surface area contributed by atoms with Gasteiger partial charge < -0.3 is 10.0 Å². The quantitative estimate of drug-likeness (QED) is 0.915. The van der Waals surface area contributed by atoms with Crippen molar-refractivity contribution in [2.24, 2.45) is 0 Å². The first-order valence-corrected chi connectivity index (χ1v) is 7.03. The zero-order chi connectivity index (χ0) is 14.5. The van der Waals surface area contributed by atoms with Gasteiger partial charge in [-0.05, 0) is 44.2 Å². The molecule has 1 aromatic heterocycles. The highest BCUT2D eigenvalue weighted by molar-refractivity contribution is 5.95. The van der Waals surface area contributed by atoms with Crippen molar-refractivity contribution in [3.63, 3.8) is 0 Å². The van der Waals surface area contributed by atoms with Gasteiger partial charge in [-0.1, -0.05) is 0 Å². The molecule has 5 heteroatoms. The number of piperidine rings is 1. The summed E-state index contributed by atoms with van der Waals surface area (Å²) in [6.07, 6.45) is 6.83. The molecule has 2 heterocycles. The summed E-state index contributed by atoms with van der Waals surface area (Å²) in [4.78, 5) is 29.2. The van der Waals surface area contributed by atoms with Crippen molar-refractivity contribution in [1.82, 2.24) is 9.88 Å². The maximum atomic E-state index is 12.6. The number of hydrogen-bond acceptors (Lipinski definition) is 3. The first kappa shape index (κ1) is 14.5. The molecule has 0 aliphatic carbocycles. The van der Waals surface area contributed by atoms with Crippen LogP contribution in [0.5, 0.6) is 0 Å². The topological polar surface area (TPSA) is 70.5 Å². The van der Waals surface area contributed by atoms with E-state index in [1.54, 1.807) is 12.4 Å². The van der Waals surface area contributed by atoms with Crippen molar-refractivity contribution >= 4 is 11.9 Å². The molecule has 5 nitrogen and oxygen atoms in total. The molecule has 1 unspecified atom stereocenters. The van der Waals surface area contributed by atoms with Gasteiger partial charge >= 0.3 is 5.97 Å². The molecular formula is C15H20N2O3. The van der Waals surface area contributed by atoms with Crippen LogP contribution in [0.2, 0.25) is 0 Å². The average Bonchev–Trinajstić information content (AvgIpc) is 2.45. The first-order valence-electron chi connectivity index (χ1n) is 7.03. The highest BCUT2D eigenvalue weighted by Gasteiger charge is 2.28. The standard InChI is InChI=1S/C15H20N2O3/c1-11-7-8-16-10-13(11)15(20)17-9-3-2-4-12(17)5-6-14(18)19/h7-8,10,12H,2-6,9H2,1H3,(H,18,19). The molecule has 2 rings (SSSR count). The summed E-state index contributed by atoms with van der Waals surface area (Å²) in [5.74, 6) is -0.828. The third-order valence-electron chi connectivity index (χ3n) is 3.85. The Labute approximate surface area is 118 Å². The number of amides is 1. The van der Waals surface area contributed by atoms with Crippen LogP contribution in [0.25, 0.3) is 0 Å². The molecule has 1 atom stereocenters. The largest absolute Gasteiger partial charge is 0.481 e. The monoisotopic (exact) mass is 276 g/mol. The second-order valence-corrected chi connectivity index (χ2v) is 5.27. The van der Waals surface area contributed by atoms with E-state index in [0.717, 1.165) is 24.8 Å². The summed E-state index contributed by atoms with van der Waals surface area (Å²) in [6, 6.07) is 1.86. The second kappa shape index (κ2) is 6.50. The van der Waals surface area contributed by atoms with Gasteiger partial charge in [0.1, 0.15) is 0 Å². The number of carbonyl (C=O) groups excluding carboxylic acids is 1. The third-order valence-corrected chi connectivity index (χ3v) is 3.85.